The van der Waals surface area contributed by atoms with Crippen molar-refractivity contribution in [2.45, 2.75) is 44.8 Å². The van der Waals surface area contributed by atoms with Gasteiger partial charge in [0.05, 0.1) is 5.60 Å². The summed E-state index contributed by atoms with van der Waals surface area (Å²) >= 11 is 0. The van der Waals surface area contributed by atoms with Crippen molar-refractivity contribution in [2.24, 2.45) is 5.92 Å². The van der Waals surface area contributed by atoms with E-state index in [2.05, 4.69) is 6.92 Å². The summed E-state index contributed by atoms with van der Waals surface area (Å²) in [5.74, 6) is 1.10. The van der Waals surface area contributed by atoms with E-state index in [4.69, 9.17) is 4.74 Å². The van der Waals surface area contributed by atoms with Crippen molar-refractivity contribution in [1.29, 1.82) is 0 Å². The molecule has 1 heterocycles. The Bertz CT molecular complexity index is 450. The number of hydrogen-bond acceptors (Lipinski definition) is 2. The van der Waals surface area contributed by atoms with Gasteiger partial charge >= 0.3 is 0 Å². The first-order valence-electron chi connectivity index (χ1n) is 5.96. The van der Waals surface area contributed by atoms with Gasteiger partial charge in [-0.3, -0.25) is 0 Å². The molecule has 0 spiro atoms. The lowest BCUT2D eigenvalue weighted by Gasteiger charge is -2.56. The quantitative estimate of drug-likeness (QED) is 0.725. The number of ether oxygens (including phenoxy) is 1. The van der Waals surface area contributed by atoms with Gasteiger partial charge in [0.2, 0.25) is 0 Å². The summed E-state index contributed by atoms with van der Waals surface area (Å²) in [6, 6.07) is 6.07. The fraction of sp³-hybridized carbons (Fsp3) is 0.571. The number of rotatable bonds is 0. The van der Waals surface area contributed by atoms with Crippen molar-refractivity contribution < 1.29 is 9.84 Å². The van der Waals surface area contributed by atoms with Gasteiger partial charge in [0.1, 0.15) is 11.4 Å². The first-order valence-corrected chi connectivity index (χ1v) is 5.96. The van der Waals surface area contributed by atoms with Crippen LogP contribution in [-0.2, 0) is 5.60 Å². The van der Waals surface area contributed by atoms with E-state index in [-0.39, 0.29) is 11.5 Å². The first-order chi connectivity index (χ1) is 7.43. The van der Waals surface area contributed by atoms with E-state index in [1.54, 1.807) is 0 Å². The lowest BCUT2D eigenvalue weighted by Crippen LogP contribution is -2.60. The summed E-state index contributed by atoms with van der Waals surface area (Å²) < 4.78 is 6.07. The minimum absolute atomic E-state index is 0.162. The molecule has 3 rings (SSSR count). The zero-order chi connectivity index (χ0) is 11.6. The Kier molecular flexibility index (Phi) is 1.78. The molecule has 16 heavy (non-hydrogen) atoms. The Labute approximate surface area is 96.2 Å². The highest BCUT2D eigenvalue weighted by Crippen LogP contribution is 2.56. The first kappa shape index (κ1) is 10.2. The lowest BCUT2D eigenvalue weighted by atomic mass is 9.59. The number of aliphatic hydroxyl groups is 1. The summed E-state index contributed by atoms with van der Waals surface area (Å²) in [5.41, 5.74) is 1.22. The van der Waals surface area contributed by atoms with Crippen LogP contribution in [0.25, 0.3) is 0 Å². The van der Waals surface area contributed by atoms with Gasteiger partial charge in [0.15, 0.2) is 0 Å². The molecular formula is C14H18O2. The van der Waals surface area contributed by atoms with Gasteiger partial charge in [-0.1, -0.05) is 12.1 Å². The molecule has 0 unspecified atom stereocenters. The van der Waals surface area contributed by atoms with E-state index in [9.17, 15) is 5.11 Å². The Hall–Kier alpha value is -1.02. The van der Waals surface area contributed by atoms with Crippen molar-refractivity contribution >= 4 is 0 Å². The molecule has 1 saturated carbocycles. The van der Waals surface area contributed by atoms with Crippen molar-refractivity contribution in [2.75, 3.05) is 0 Å². The molecule has 0 amide bonds. The molecule has 1 aliphatic heterocycles. The van der Waals surface area contributed by atoms with E-state index in [0.717, 1.165) is 24.2 Å². The topological polar surface area (TPSA) is 29.5 Å². The summed E-state index contributed by atoms with van der Waals surface area (Å²) in [4.78, 5) is 0. The third-order valence-electron chi connectivity index (χ3n) is 4.37. The van der Waals surface area contributed by atoms with Crippen LogP contribution in [0, 0.1) is 12.8 Å². The monoisotopic (exact) mass is 218 g/mol. The summed E-state index contributed by atoms with van der Waals surface area (Å²) in [5, 5.41) is 10.7. The highest BCUT2D eigenvalue weighted by Gasteiger charge is 2.58. The van der Waals surface area contributed by atoms with Crippen LogP contribution in [-0.4, -0.2) is 10.7 Å². The summed E-state index contributed by atoms with van der Waals surface area (Å²) in [6.45, 7) is 6.08. The van der Waals surface area contributed by atoms with Gasteiger partial charge in [-0.2, -0.15) is 0 Å². The standard InChI is InChI=1S/C14H18O2/c1-9-4-5-10-11(8-9)16-13(2)7-6-12(13)14(10,3)15/h4-5,8,12,15H,6-7H2,1-3H3/t12-,13+,14+/m0/s1. The average Bonchev–Trinajstić information content (AvgIpc) is 2.13. The van der Waals surface area contributed by atoms with Crippen LogP contribution in [0.15, 0.2) is 18.2 Å². The fourth-order valence-electron chi connectivity index (χ4n) is 3.26. The van der Waals surface area contributed by atoms with E-state index in [0.29, 0.717) is 0 Å². The van der Waals surface area contributed by atoms with Crippen LogP contribution in [0.3, 0.4) is 0 Å². The molecule has 86 valence electrons. The molecule has 0 radical (unpaired) electrons. The molecule has 2 aliphatic rings. The molecule has 1 aromatic rings. The highest BCUT2D eigenvalue weighted by molar-refractivity contribution is 5.45. The minimum atomic E-state index is -0.742. The Morgan fingerprint density at radius 1 is 1.38 bits per heavy atom. The SMILES string of the molecule is Cc1ccc2c(c1)O[C@]1(C)CC[C@@H]1[C@]2(C)O. The number of aryl methyl sites for hydroxylation is 1. The Morgan fingerprint density at radius 2 is 2.12 bits per heavy atom. The Morgan fingerprint density at radius 3 is 2.75 bits per heavy atom. The van der Waals surface area contributed by atoms with Crippen molar-refractivity contribution in [3.05, 3.63) is 29.3 Å². The predicted octanol–water partition coefficient (Wildman–Crippen LogP) is 2.76. The maximum absolute atomic E-state index is 10.7. The molecule has 0 aromatic heterocycles. The summed E-state index contributed by atoms with van der Waals surface area (Å²) in [6.07, 6.45) is 2.10. The van der Waals surface area contributed by atoms with Gasteiger partial charge in [-0.15, -0.1) is 0 Å². The third kappa shape index (κ3) is 1.11. The maximum atomic E-state index is 10.7. The molecule has 1 fully saturated rings. The average molecular weight is 218 g/mol. The van der Waals surface area contributed by atoms with Gasteiger partial charge in [0.25, 0.3) is 0 Å². The molecule has 3 atom stereocenters. The van der Waals surface area contributed by atoms with E-state index >= 15 is 0 Å². The zero-order valence-electron chi connectivity index (χ0n) is 10.1. The van der Waals surface area contributed by atoms with E-state index in [1.165, 1.54) is 5.56 Å². The van der Waals surface area contributed by atoms with Gasteiger partial charge in [-0.05, 0) is 45.2 Å². The molecule has 2 heteroatoms. The maximum Gasteiger partial charge on any atom is 0.126 e. The van der Waals surface area contributed by atoms with Crippen LogP contribution in [0.5, 0.6) is 5.75 Å². The second-order valence-electron chi connectivity index (χ2n) is 5.65. The van der Waals surface area contributed by atoms with Crippen LogP contribution in [0.2, 0.25) is 0 Å². The molecule has 1 aromatic carbocycles. The molecule has 1 aliphatic carbocycles. The third-order valence-corrected chi connectivity index (χ3v) is 4.37. The lowest BCUT2D eigenvalue weighted by molar-refractivity contribution is -0.177. The summed E-state index contributed by atoms with van der Waals surface area (Å²) in [7, 11) is 0. The van der Waals surface area contributed by atoms with Gasteiger partial charge in [-0.25, -0.2) is 0 Å². The predicted molar refractivity (Wildman–Crippen MR) is 62.5 cm³/mol. The van der Waals surface area contributed by atoms with Crippen LogP contribution in [0.1, 0.15) is 37.8 Å². The van der Waals surface area contributed by atoms with Crippen molar-refractivity contribution in [3.8, 4) is 5.75 Å². The highest BCUT2D eigenvalue weighted by atomic mass is 16.5. The smallest absolute Gasteiger partial charge is 0.126 e. The van der Waals surface area contributed by atoms with Crippen LogP contribution in [0.4, 0.5) is 0 Å². The second-order valence-corrected chi connectivity index (χ2v) is 5.65. The molecule has 2 nitrogen and oxygen atoms in total. The van der Waals surface area contributed by atoms with Gasteiger partial charge < -0.3 is 9.84 Å². The normalized spacial score (nSPS) is 40.4. The van der Waals surface area contributed by atoms with Crippen molar-refractivity contribution in [3.63, 3.8) is 0 Å². The Balaban J connectivity index is 2.17. The van der Waals surface area contributed by atoms with E-state index < -0.39 is 5.60 Å². The van der Waals surface area contributed by atoms with Crippen molar-refractivity contribution in [1.82, 2.24) is 0 Å². The largest absolute Gasteiger partial charge is 0.487 e. The molecular weight excluding hydrogens is 200 g/mol. The van der Waals surface area contributed by atoms with Gasteiger partial charge in [0, 0.05) is 11.5 Å². The number of benzene rings is 1. The molecule has 0 bridgehead atoms. The molecule has 0 saturated heterocycles. The second kappa shape index (κ2) is 2.80. The number of fused-ring (bicyclic) bond motifs is 2. The molecule has 1 N–H and O–H groups in total. The van der Waals surface area contributed by atoms with E-state index in [1.807, 2.05) is 32.0 Å². The van der Waals surface area contributed by atoms with Crippen LogP contribution >= 0.6 is 0 Å². The fourth-order valence-corrected chi connectivity index (χ4v) is 3.26. The minimum Gasteiger partial charge on any atom is -0.487 e. The number of hydrogen-bond donors (Lipinski definition) is 1. The zero-order valence-corrected chi connectivity index (χ0v) is 10.1. The van der Waals surface area contributed by atoms with Crippen LogP contribution < -0.4 is 4.74 Å².